The van der Waals surface area contributed by atoms with Crippen molar-refractivity contribution in [3.8, 4) is 0 Å². The predicted molar refractivity (Wildman–Crippen MR) is 80.1 cm³/mol. The number of carboxylic acid groups (broad SMARTS) is 1. The van der Waals surface area contributed by atoms with E-state index >= 15 is 0 Å². The highest BCUT2D eigenvalue weighted by atomic mass is 19.1. The fourth-order valence-electron chi connectivity index (χ4n) is 2.49. The first-order valence-electron chi connectivity index (χ1n) is 7.48. The van der Waals surface area contributed by atoms with Crippen molar-refractivity contribution in [2.24, 2.45) is 0 Å². The zero-order chi connectivity index (χ0) is 16.8. The molecule has 124 valence electrons. The summed E-state index contributed by atoms with van der Waals surface area (Å²) >= 11 is 0. The number of carbonyl (C=O) groups excluding carboxylic acids is 2. The van der Waals surface area contributed by atoms with Gasteiger partial charge in [-0.3, -0.25) is 14.4 Å². The number of hydrogen-bond acceptors (Lipinski definition) is 3. The van der Waals surface area contributed by atoms with E-state index in [1.54, 1.807) is 28.0 Å². The standard InChI is InChI=1S/C16H19FN2O4/c17-13-4-2-1-3-12(13)11-15(21)19-9-7-18(8-10-19)14(20)5-6-16(22)23/h1-4H,5-11H2,(H,22,23). The minimum atomic E-state index is -1.00. The van der Waals surface area contributed by atoms with E-state index in [-0.39, 0.29) is 31.1 Å². The fourth-order valence-corrected chi connectivity index (χ4v) is 2.49. The third-order valence-corrected chi connectivity index (χ3v) is 3.84. The summed E-state index contributed by atoms with van der Waals surface area (Å²) in [5.41, 5.74) is 0.359. The van der Waals surface area contributed by atoms with Crippen LogP contribution in [0.1, 0.15) is 18.4 Å². The van der Waals surface area contributed by atoms with Gasteiger partial charge >= 0.3 is 5.97 Å². The normalized spacial score (nSPS) is 14.7. The second kappa shape index (κ2) is 7.71. The highest BCUT2D eigenvalue weighted by Gasteiger charge is 2.24. The van der Waals surface area contributed by atoms with Gasteiger partial charge in [-0.1, -0.05) is 18.2 Å². The second-order valence-corrected chi connectivity index (χ2v) is 5.42. The molecule has 0 spiro atoms. The summed E-state index contributed by atoms with van der Waals surface area (Å²) in [6.45, 7) is 1.52. The zero-order valence-corrected chi connectivity index (χ0v) is 12.7. The quantitative estimate of drug-likeness (QED) is 0.874. The minimum absolute atomic E-state index is 0.000363. The number of aliphatic carboxylic acids is 1. The van der Waals surface area contributed by atoms with Gasteiger partial charge in [0.25, 0.3) is 0 Å². The molecule has 0 aliphatic carbocycles. The number of nitrogens with zero attached hydrogens (tertiary/aromatic N) is 2. The molecule has 2 rings (SSSR count). The highest BCUT2D eigenvalue weighted by Crippen LogP contribution is 2.11. The van der Waals surface area contributed by atoms with E-state index in [1.807, 2.05) is 0 Å². The molecule has 1 aliphatic rings. The molecule has 1 heterocycles. The van der Waals surface area contributed by atoms with Gasteiger partial charge in [-0.25, -0.2) is 4.39 Å². The lowest BCUT2D eigenvalue weighted by Gasteiger charge is -2.35. The van der Waals surface area contributed by atoms with E-state index in [2.05, 4.69) is 0 Å². The molecule has 2 amide bonds. The van der Waals surface area contributed by atoms with E-state index in [1.165, 1.54) is 6.07 Å². The van der Waals surface area contributed by atoms with Crippen molar-refractivity contribution in [2.45, 2.75) is 19.3 Å². The average Bonchev–Trinajstić information content (AvgIpc) is 2.54. The summed E-state index contributed by atoms with van der Waals surface area (Å²) in [7, 11) is 0. The molecule has 0 atom stereocenters. The molecule has 0 unspecified atom stereocenters. The van der Waals surface area contributed by atoms with Crippen LogP contribution >= 0.6 is 0 Å². The molecule has 7 heteroatoms. The maximum Gasteiger partial charge on any atom is 0.303 e. The van der Waals surface area contributed by atoms with Gasteiger partial charge in [-0.15, -0.1) is 0 Å². The van der Waals surface area contributed by atoms with Crippen LogP contribution < -0.4 is 0 Å². The summed E-state index contributed by atoms with van der Waals surface area (Å²) in [6.07, 6.45) is -0.219. The number of amides is 2. The Hall–Kier alpha value is -2.44. The Morgan fingerprint density at radius 3 is 2.09 bits per heavy atom. The SMILES string of the molecule is O=C(O)CCC(=O)N1CCN(C(=O)Cc2ccccc2F)CC1. The predicted octanol–water partition coefficient (Wildman–Crippen LogP) is 0.904. The van der Waals surface area contributed by atoms with Crippen LogP contribution in [0.2, 0.25) is 0 Å². The number of halogens is 1. The number of benzene rings is 1. The van der Waals surface area contributed by atoms with E-state index in [9.17, 15) is 18.8 Å². The van der Waals surface area contributed by atoms with Crippen LogP contribution in [0.3, 0.4) is 0 Å². The van der Waals surface area contributed by atoms with Crippen molar-refractivity contribution >= 4 is 17.8 Å². The molecule has 23 heavy (non-hydrogen) atoms. The molecule has 1 aliphatic heterocycles. The summed E-state index contributed by atoms with van der Waals surface area (Å²) in [4.78, 5) is 37.7. The molecule has 1 aromatic rings. The number of carboxylic acids is 1. The summed E-state index contributed by atoms with van der Waals surface area (Å²) in [5, 5.41) is 8.58. The third kappa shape index (κ3) is 4.77. The van der Waals surface area contributed by atoms with Crippen LogP contribution in [0.25, 0.3) is 0 Å². The van der Waals surface area contributed by atoms with Gasteiger partial charge in [-0.2, -0.15) is 0 Å². The van der Waals surface area contributed by atoms with Crippen LogP contribution in [-0.4, -0.2) is 58.9 Å². The second-order valence-electron chi connectivity index (χ2n) is 5.42. The van der Waals surface area contributed by atoms with Gasteiger partial charge in [0.15, 0.2) is 0 Å². The highest BCUT2D eigenvalue weighted by molar-refractivity contribution is 5.82. The first-order valence-corrected chi connectivity index (χ1v) is 7.48. The Labute approximate surface area is 133 Å². The molecule has 0 aromatic heterocycles. The summed E-state index contributed by atoms with van der Waals surface area (Å²) in [5.74, 6) is -1.79. The first-order chi connectivity index (χ1) is 11.0. The first kappa shape index (κ1) is 16.9. The number of hydrogen-bond donors (Lipinski definition) is 1. The fraction of sp³-hybridized carbons (Fsp3) is 0.438. The lowest BCUT2D eigenvalue weighted by atomic mass is 10.1. The lowest BCUT2D eigenvalue weighted by Crippen LogP contribution is -2.51. The van der Waals surface area contributed by atoms with Crippen LogP contribution in [0.5, 0.6) is 0 Å². The van der Waals surface area contributed by atoms with Crippen LogP contribution in [0, 0.1) is 5.82 Å². The summed E-state index contributed by atoms with van der Waals surface area (Å²) < 4.78 is 13.6. The van der Waals surface area contributed by atoms with Crippen LogP contribution in [-0.2, 0) is 20.8 Å². The number of piperazine rings is 1. The third-order valence-electron chi connectivity index (χ3n) is 3.84. The van der Waals surface area contributed by atoms with E-state index in [4.69, 9.17) is 5.11 Å². The van der Waals surface area contributed by atoms with Gasteiger partial charge in [0.1, 0.15) is 5.82 Å². The molecule has 0 radical (unpaired) electrons. The molecule has 1 fully saturated rings. The number of carbonyl (C=O) groups is 3. The Morgan fingerprint density at radius 1 is 0.957 bits per heavy atom. The maximum absolute atomic E-state index is 13.6. The van der Waals surface area contributed by atoms with Gasteiger partial charge in [0.2, 0.25) is 11.8 Å². The summed E-state index contributed by atoms with van der Waals surface area (Å²) in [6, 6.07) is 6.16. The van der Waals surface area contributed by atoms with Gasteiger partial charge in [0, 0.05) is 32.6 Å². The monoisotopic (exact) mass is 322 g/mol. The van der Waals surface area contributed by atoms with Crippen molar-refractivity contribution in [1.29, 1.82) is 0 Å². The molecule has 6 nitrogen and oxygen atoms in total. The van der Waals surface area contributed by atoms with Crippen molar-refractivity contribution in [3.05, 3.63) is 35.6 Å². The molecule has 1 aromatic carbocycles. The van der Waals surface area contributed by atoms with Gasteiger partial charge in [-0.05, 0) is 11.6 Å². The van der Waals surface area contributed by atoms with Crippen molar-refractivity contribution in [3.63, 3.8) is 0 Å². The minimum Gasteiger partial charge on any atom is -0.481 e. The van der Waals surface area contributed by atoms with E-state index in [0.29, 0.717) is 31.7 Å². The molecule has 1 N–H and O–H groups in total. The van der Waals surface area contributed by atoms with Crippen molar-refractivity contribution in [2.75, 3.05) is 26.2 Å². The Bertz CT molecular complexity index is 597. The zero-order valence-electron chi connectivity index (χ0n) is 12.7. The average molecular weight is 322 g/mol. The molecular weight excluding hydrogens is 303 g/mol. The Morgan fingerprint density at radius 2 is 1.52 bits per heavy atom. The molecule has 0 saturated carbocycles. The van der Waals surface area contributed by atoms with Crippen LogP contribution in [0.15, 0.2) is 24.3 Å². The van der Waals surface area contributed by atoms with Gasteiger partial charge < -0.3 is 14.9 Å². The molecule has 1 saturated heterocycles. The largest absolute Gasteiger partial charge is 0.481 e. The maximum atomic E-state index is 13.6. The number of rotatable bonds is 5. The van der Waals surface area contributed by atoms with E-state index < -0.39 is 11.8 Å². The molecule has 0 bridgehead atoms. The van der Waals surface area contributed by atoms with Crippen LogP contribution in [0.4, 0.5) is 4.39 Å². The van der Waals surface area contributed by atoms with Crippen molar-refractivity contribution < 1.29 is 23.9 Å². The lowest BCUT2D eigenvalue weighted by molar-refractivity contribution is -0.142. The topological polar surface area (TPSA) is 77.9 Å². The van der Waals surface area contributed by atoms with E-state index in [0.717, 1.165) is 0 Å². The smallest absolute Gasteiger partial charge is 0.303 e. The van der Waals surface area contributed by atoms with Gasteiger partial charge in [0.05, 0.1) is 12.8 Å². The Balaban J connectivity index is 1.82. The molecular formula is C16H19FN2O4. The Kier molecular flexibility index (Phi) is 5.67. The van der Waals surface area contributed by atoms with Crippen molar-refractivity contribution in [1.82, 2.24) is 9.80 Å².